The number of carbonyl (C=O) groups excluding carboxylic acids is 2. The fourth-order valence-corrected chi connectivity index (χ4v) is 4.28. The van der Waals surface area contributed by atoms with Crippen LogP contribution in [-0.4, -0.2) is 36.5 Å². The van der Waals surface area contributed by atoms with Crippen LogP contribution in [0.25, 0.3) is 10.2 Å². The Balaban J connectivity index is 1.66. The Morgan fingerprint density at radius 1 is 1.10 bits per heavy atom. The van der Waals surface area contributed by atoms with Gasteiger partial charge in [0.1, 0.15) is 12.3 Å². The van der Waals surface area contributed by atoms with Gasteiger partial charge in [-0.2, -0.15) is 4.99 Å². The molecule has 0 N–H and O–H groups in total. The van der Waals surface area contributed by atoms with E-state index >= 15 is 0 Å². The predicted molar refractivity (Wildman–Crippen MR) is 114 cm³/mol. The molecule has 31 heavy (non-hydrogen) atoms. The van der Waals surface area contributed by atoms with E-state index in [0.29, 0.717) is 22.9 Å². The van der Waals surface area contributed by atoms with Crippen molar-refractivity contribution in [2.75, 3.05) is 20.0 Å². The summed E-state index contributed by atoms with van der Waals surface area (Å²) in [4.78, 5) is 29.5. The summed E-state index contributed by atoms with van der Waals surface area (Å²) in [5.74, 6) is 1.26. The maximum Gasteiger partial charge on any atom is 0.326 e. The number of aromatic nitrogens is 1. The van der Waals surface area contributed by atoms with E-state index in [1.807, 2.05) is 37.3 Å². The van der Waals surface area contributed by atoms with Crippen LogP contribution in [0, 0.1) is 0 Å². The van der Waals surface area contributed by atoms with Gasteiger partial charge in [0, 0.05) is 12.1 Å². The zero-order chi connectivity index (χ0) is 21.8. The topological polar surface area (TPSA) is 88.4 Å². The molecule has 0 atom stereocenters. The number of hydrogen-bond acceptors (Lipinski definition) is 7. The molecule has 1 aliphatic rings. The molecule has 2 heterocycles. The summed E-state index contributed by atoms with van der Waals surface area (Å²) < 4.78 is 23.9. The van der Waals surface area contributed by atoms with Crippen LogP contribution in [0.15, 0.2) is 41.4 Å². The number of hydrogen-bond donors (Lipinski definition) is 0. The average Bonchev–Trinajstić information content (AvgIpc) is 3.32. The molecule has 1 amide bonds. The first-order chi connectivity index (χ1) is 15.1. The Labute approximate surface area is 182 Å². The summed E-state index contributed by atoms with van der Waals surface area (Å²) in [5.41, 5.74) is 1.56. The van der Waals surface area contributed by atoms with E-state index in [4.69, 9.17) is 18.9 Å². The number of amides is 1. The summed E-state index contributed by atoms with van der Waals surface area (Å²) in [6.07, 6.45) is 0.142. The lowest BCUT2D eigenvalue weighted by molar-refractivity contribution is -0.143. The summed E-state index contributed by atoms with van der Waals surface area (Å²) in [6, 6.07) is 11.0. The number of carbonyl (C=O) groups is 2. The molecule has 0 spiro atoms. The quantitative estimate of drug-likeness (QED) is 0.523. The van der Waals surface area contributed by atoms with Crippen LogP contribution in [0.2, 0.25) is 0 Å². The van der Waals surface area contributed by atoms with Gasteiger partial charge in [0.05, 0.1) is 29.9 Å². The highest BCUT2D eigenvalue weighted by Gasteiger charge is 2.19. The van der Waals surface area contributed by atoms with Crippen molar-refractivity contribution in [3.05, 3.63) is 46.8 Å². The monoisotopic (exact) mass is 442 g/mol. The van der Waals surface area contributed by atoms with E-state index in [1.54, 1.807) is 17.6 Å². The van der Waals surface area contributed by atoms with Crippen molar-refractivity contribution in [2.24, 2.45) is 4.99 Å². The molecule has 9 heteroatoms. The Morgan fingerprint density at radius 2 is 1.84 bits per heavy atom. The van der Waals surface area contributed by atoms with Gasteiger partial charge in [-0.15, -0.1) is 0 Å². The molecule has 1 aromatic heterocycles. The third-order valence-corrected chi connectivity index (χ3v) is 5.62. The lowest BCUT2D eigenvalue weighted by Gasteiger charge is -2.06. The molecule has 0 saturated carbocycles. The highest BCUT2D eigenvalue weighted by Crippen LogP contribution is 2.37. The first kappa shape index (κ1) is 20.9. The summed E-state index contributed by atoms with van der Waals surface area (Å²) in [6.45, 7) is 4.62. The molecule has 3 aromatic rings. The number of fused-ring (bicyclic) bond motifs is 2. The smallest absolute Gasteiger partial charge is 0.326 e. The molecule has 8 nitrogen and oxygen atoms in total. The zero-order valence-electron chi connectivity index (χ0n) is 17.3. The Bertz CT molecular complexity index is 1180. The van der Waals surface area contributed by atoms with Crippen LogP contribution < -0.4 is 19.0 Å². The molecule has 0 bridgehead atoms. The van der Waals surface area contributed by atoms with E-state index in [1.165, 1.54) is 11.3 Å². The predicted octanol–water partition coefficient (Wildman–Crippen LogP) is 3.06. The molecule has 2 aromatic carbocycles. The van der Waals surface area contributed by atoms with Gasteiger partial charge in [0.2, 0.25) is 6.79 Å². The second-order valence-corrected chi connectivity index (χ2v) is 7.72. The molecule has 0 aliphatic carbocycles. The van der Waals surface area contributed by atoms with Crippen LogP contribution in [0.4, 0.5) is 0 Å². The minimum absolute atomic E-state index is 0.0529. The zero-order valence-corrected chi connectivity index (χ0v) is 18.1. The SMILES string of the molecule is CCOC(=O)Cn1c(=NC(=O)Cc2ccc(OCC)cc2)sc2cc3c(cc21)OCO3. The van der Waals surface area contributed by atoms with Crippen molar-refractivity contribution in [1.82, 2.24) is 4.57 Å². The van der Waals surface area contributed by atoms with E-state index in [9.17, 15) is 9.59 Å². The molecule has 0 radical (unpaired) electrons. The van der Waals surface area contributed by atoms with Crippen molar-refractivity contribution in [2.45, 2.75) is 26.8 Å². The van der Waals surface area contributed by atoms with Crippen LogP contribution in [0.5, 0.6) is 17.2 Å². The molecular formula is C22H22N2O6S. The third kappa shape index (κ3) is 4.72. The van der Waals surface area contributed by atoms with Crippen molar-refractivity contribution in [1.29, 1.82) is 0 Å². The second kappa shape index (κ2) is 9.22. The molecule has 0 unspecified atom stereocenters. The van der Waals surface area contributed by atoms with Crippen molar-refractivity contribution >= 4 is 33.4 Å². The Kier molecular flexibility index (Phi) is 6.22. The first-order valence-electron chi connectivity index (χ1n) is 9.95. The van der Waals surface area contributed by atoms with Gasteiger partial charge >= 0.3 is 5.97 Å². The van der Waals surface area contributed by atoms with Crippen LogP contribution in [-0.2, 0) is 27.3 Å². The van der Waals surface area contributed by atoms with Crippen molar-refractivity contribution in [3.63, 3.8) is 0 Å². The maximum absolute atomic E-state index is 12.7. The van der Waals surface area contributed by atoms with Gasteiger partial charge in [0.25, 0.3) is 5.91 Å². The highest BCUT2D eigenvalue weighted by atomic mass is 32.1. The molecule has 0 fully saturated rings. The lowest BCUT2D eigenvalue weighted by atomic mass is 10.1. The number of rotatable bonds is 7. The van der Waals surface area contributed by atoms with Gasteiger partial charge in [-0.1, -0.05) is 23.5 Å². The number of ether oxygens (including phenoxy) is 4. The van der Waals surface area contributed by atoms with E-state index in [0.717, 1.165) is 21.5 Å². The van der Waals surface area contributed by atoms with Gasteiger partial charge < -0.3 is 23.5 Å². The fraction of sp³-hybridized carbons (Fsp3) is 0.318. The minimum Gasteiger partial charge on any atom is -0.494 e. The minimum atomic E-state index is -0.403. The number of thiazole rings is 1. The normalized spacial score (nSPS) is 12.9. The number of benzene rings is 2. The lowest BCUT2D eigenvalue weighted by Crippen LogP contribution is -2.23. The Morgan fingerprint density at radius 3 is 2.55 bits per heavy atom. The van der Waals surface area contributed by atoms with Gasteiger partial charge in [-0.25, -0.2) is 0 Å². The number of esters is 1. The number of nitrogens with zero attached hydrogens (tertiary/aromatic N) is 2. The van der Waals surface area contributed by atoms with Crippen molar-refractivity contribution in [3.8, 4) is 17.2 Å². The molecule has 1 aliphatic heterocycles. The van der Waals surface area contributed by atoms with Gasteiger partial charge in [-0.3, -0.25) is 9.59 Å². The largest absolute Gasteiger partial charge is 0.494 e. The highest BCUT2D eigenvalue weighted by molar-refractivity contribution is 7.16. The fourth-order valence-electron chi connectivity index (χ4n) is 3.22. The summed E-state index contributed by atoms with van der Waals surface area (Å²) in [5, 5.41) is 0. The first-order valence-corrected chi connectivity index (χ1v) is 10.8. The summed E-state index contributed by atoms with van der Waals surface area (Å²) >= 11 is 1.31. The molecule has 4 rings (SSSR count). The van der Waals surface area contributed by atoms with Crippen LogP contribution >= 0.6 is 11.3 Å². The van der Waals surface area contributed by atoms with E-state index < -0.39 is 5.97 Å². The van der Waals surface area contributed by atoms with Crippen LogP contribution in [0.3, 0.4) is 0 Å². The van der Waals surface area contributed by atoms with Crippen molar-refractivity contribution < 1.29 is 28.5 Å². The van der Waals surface area contributed by atoms with E-state index in [2.05, 4.69) is 4.99 Å². The molecule has 162 valence electrons. The van der Waals surface area contributed by atoms with Gasteiger partial charge in [0.15, 0.2) is 16.3 Å². The Hall–Kier alpha value is -3.33. The molecular weight excluding hydrogens is 420 g/mol. The average molecular weight is 442 g/mol. The third-order valence-electron chi connectivity index (χ3n) is 4.58. The van der Waals surface area contributed by atoms with E-state index in [-0.39, 0.29) is 32.3 Å². The van der Waals surface area contributed by atoms with Gasteiger partial charge in [-0.05, 0) is 31.5 Å². The standard InChI is InChI=1S/C22H22N2O6S/c1-3-27-15-7-5-14(6-8-15)9-20(25)23-22-24(12-21(26)28-4-2)16-10-17-18(30-13-29-17)11-19(16)31-22/h5-8,10-11H,3-4,9,12-13H2,1-2H3. The molecule has 0 saturated heterocycles. The maximum atomic E-state index is 12.7. The second-order valence-electron chi connectivity index (χ2n) is 6.71. The van der Waals surface area contributed by atoms with Crippen LogP contribution in [0.1, 0.15) is 19.4 Å². The summed E-state index contributed by atoms with van der Waals surface area (Å²) in [7, 11) is 0.